The molecule has 6 heteroatoms. The third-order valence-corrected chi connectivity index (χ3v) is 5.34. The van der Waals surface area contributed by atoms with Gasteiger partial charge in [0.25, 0.3) is 0 Å². The molecular formula is C18H24N4OS. The summed E-state index contributed by atoms with van der Waals surface area (Å²) in [6.07, 6.45) is 4.86. The third-order valence-electron chi connectivity index (χ3n) is 4.10. The van der Waals surface area contributed by atoms with Gasteiger partial charge < -0.3 is 10.2 Å². The molecule has 0 saturated heterocycles. The van der Waals surface area contributed by atoms with Crippen molar-refractivity contribution >= 4 is 23.4 Å². The molecule has 1 amide bonds. The van der Waals surface area contributed by atoms with Crippen molar-refractivity contribution in [2.45, 2.75) is 37.0 Å². The maximum absolute atomic E-state index is 12.7. The van der Waals surface area contributed by atoms with E-state index in [1.807, 2.05) is 58.9 Å². The molecule has 0 saturated carbocycles. The Kier molecular flexibility index (Phi) is 5.58. The Hall–Kier alpha value is -1.79. The molecule has 1 atom stereocenters. The predicted octanol–water partition coefficient (Wildman–Crippen LogP) is 2.70. The Balaban J connectivity index is 1.56. The summed E-state index contributed by atoms with van der Waals surface area (Å²) in [7, 11) is 0. The number of nitrogens with one attached hydrogen (secondary N) is 1. The van der Waals surface area contributed by atoms with Gasteiger partial charge in [-0.15, -0.1) is 11.8 Å². The van der Waals surface area contributed by atoms with E-state index in [-0.39, 0.29) is 5.91 Å². The minimum absolute atomic E-state index is 0.133. The second kappa shape index (κ2) is 7.85. The van der Waals surface area contributed by atoms with Crippen LogP contribution in [0.5, 0.6) is 0 Å². The van der Waals surface area contributed by atoms with Crippen molar-refractivity contribution in [1.29, 1.82) is 0 Å². The zero-order valence-corrected chi connectivity index (χ0v) is 15.1. The molecular weight excluding hydrogens is 320 g/mol. The van der Waals surface area contributed by atoms with Crippen molar-refractivity contribution in [2.75, 3.05) is 24.5 Å². The van der Waals surface area contributed by atoms with E-state index in [1.54, 1.807) is 0 Å². The number of hydrogen-bond acceptors (Lipinski definition) is 4. The first kappa shape index (κ1) is 17.0. The first-order valence-corrected chi connectivity index (χ1v) is 9.27. The van der Waals surface area contributed by atoms with Crippen LogP contribution in [0.25, 0.3) is 0 Å². The number of anilines is 1. The molecule has 0 aliphatic carbocycles. The maximum atomic E-state index is 12.7. The summed E-state index contributed by atoms with van der Waals surface area (Å²) in [5.74, 6) is 0.133. The molecule has 0 bridgehead atoms. The summed E-state index contributed by atoms with van der Waals surface area (Å²) in [6, 6.07) is 8.19. The largest absolute Gasteiger partial charge is 0.310 e. The number of fused-ring (bicyclic) bond motifs is 1. The molecule has 1 aromatic carbocycles. The number of para-hydroxylation sites is 1. The average molecular weight is 344 g/mol. The van der Waals surface area contributed by atoms with Gasteiger partial charge in [0.1, 0.15) is 0 Å². The number of carbonyl (C=O) groups excluding carboxylic acids is 1. The number of hydrogen-bond donors (Lipinski definition) is 1. The number of amides is 1. The lowest BCUT2D eigenvalue weighted by molar-refractivity contribution is -0.117. The van der Waals surface area contributed by atoms with Crippen LogP contribution < -0.4 is 10.2 Å². The molecule has 24 heavy (non-hydrogen) atoms. The van der Waals surface area contributed by atoms with Gasteiger partial charge in [-0.05, 0) is 31.0 Å². The van der Waals surface area contributed by atoms with Crippen molar-refractivity contribution in [3.8, 4) is 0 Å². The lowest BCUT2D eigenvalue weighted by Crippen LogP contribution is -2.39. The standard InChI is InChI=1S/C18H24N4OS/c1-14-11-20-21(13-14)10-8-19-12-18(23)22-9-7-15(2)24-17-6-4-3-5-16(17)22/h3-6,11,13,15,19H,7-10,12H2,1-2H3. The van der Waals surface area contributed by atoms with Crippen LogP contribution in [0.1, 0.15) is 18.9 Å². The molecule has 5 nitrogen and oxygen atoms in total. The summed E-state index contributed by atoms with van der Waals surface area (Å²) >= 11 is 1.86. The smallest absolute Gasteiger partial charge is 0.240 e. The number of rotatable bonds is 5. The van der Waals surface area contributed by atoms with Crippen LogP contribution >= 0.6 is 11.8 Å². The molecule has 1 aliphatic rings. The Morgan fingerprint density at radius 1 is 1.42 bits per heavy atom. The number of nitrogens with zero attached hydrogens (tertiary/aromatic N) is 3. The summed E-state index contributed by atoms with van der Waals surface area (Å²) in [5.41, 5.74) is 2.19. The highest BCUT2D eigenvalue weighted by Gasteiger charge is 2.23. The minimum Gasteiger partial charge on any atom is -0.310 e. The molecule has 2 heterocycles. The fraction of sp³-hybridized carbons (Fsp3) is 0.444. The molecule has 2 aromatic rings. The second-order valence-corrected chi connectivity index (χ2v) is 7.67. The van der Waals surface area contributed by atoms with Gasteiger partial charge in [0, 0.05) is 29.4 Å². The van der Waals surface area contributed by atoms with Crippen molar-refractivity contribution in [1.82, 2.24) is 15.1 Å². The van der Waals surface area contributed by atoms with Gasteiger partial charge in [-0.2, -0.15) is 5.10 Å². The van der Waals surface area contributed by atoms with Crippen LogP contribution in [-0.4, -0.2) is 40.6 Å². The summed E-state index contributed by atoms with van der Waals surface area (Å²) < 4.78 is 1.90. The van der Waals surface area contributed by atoms with Gasteiger partial charge in [-0.3, -0.25) is 9.48 Å². The Morgan fingerprint density at radius 2 is 2.25 bits per heavy atom. The van der Waals surface area contributed by atoms with Crippen LogP contribution in [0.15, 0.2) is 41.6 Å². The lowest BCUT2D eigenvalue weighted by Gasteiger charge is -2.22. The fourth-order valence-corrected chi connectivity index (χ4v) is 3.93. The lowest BCUT2D eigenvalue weighted by atomic mass is 10.2. The number of aryl methyl sites for hydroxylation is 1. The van der Waals surface area contributed by atoms with Crippen LogP contribution in [0.2, 0.25) is 0 Å². The van der Waals surface area contributed by atoms with E-state index in [9.17, 15) is 4.79 Å². The third kappa shape index (κ3) is 4.19. The van der Waals surface area contributed by atoms with Gasteiger partial charge in [-0.1, -0.05) is 19.1 Å². The number of aromatic nitrogens is 2. The van der Waals surface area contributed by atoms with E-state index in [2.05, 4.69) is 23.4 Å². The van der Waals surface area contributed by atoms with Crippen LogP contribution in [-0.2, 0) is 11.3 Å². The molecule has 1 aliphatic heterocycles. The average Bonchev–Trinajstić information content (AvgIpc) is 2.90. The number of thioether (sulfide) groups is 1. The van der Waals surface area contributed by atoms with Gasteiger partial charge in [0.05, 0.1) is 25.0 Å². The van der Waals surface area contributed by atoms with Crippen molar-refractivity contribution < 1.29 is 4.79 Å². The van der Waals surface area contributed by atoms with Gasteiger partial charge in [0.2, 0.25) is 5.91 Å². The molecule has 0 radical (unpaired) electrons. The second-order valence-electron chi connectivity index (χ2n) is 6.19. The maximum Gasteiger partial charge on any atom is 0.240 e. The van der Waals surface area contributed by atoms with Crippen LogP contribution in [0, 0.1) is 6.92 Å². The van der Waals surface area contributed by atoms with E-state index < -0.39 is 0 Å². The van der Waals surface area contributed by atoms with Gasteiger partial charge in [0.15, 0.2) is 0 Å². The first-order valence-electron chi connectivity index (χ1n) is 8.39. The Bertz CT molecular complexity index is 700. The van der Waals surface area contributed by atoms with Gasteiger partial charge in [-0.25, -0.2) is 0 Å². The minimum atomic E-state index is 0.133. The fourth-order valence-electron chi connectivity index (χ4n) is 2.82. The SMILES string of the molecule is Cc1cnn(CCNCC(=O)N2CCC(C)Sc3ccccc32)c1. The highest BCUT2D eigenvalue weighted by atomic mass is 32.2. The quantitative estimate of drug-likeness (QED) is 0.848. The highest BCUT2D eigenvalue weighted by Crippen LogP contribution is 2.37. The summed E-state index contributed by atoms with van der Waals surface area (Å²) in [6.45, 7) is 6.88. The molecule has 0 fully saturated rings. The molecule has 1 aromatic heterocycles. The molecule has 1 N–H and O–H groups in total. The summed E-state index contributed by atoms with van der Waals surface area (Å²) in [5, 5.41) is 8.02. The Labute approximate surface area is 147 Å². The normalized spacial score (nSPS) is 17.4. The molecule has 1 unspecified atom stereocenters. The van der Waals surface area contributed by atoms with E-state index in [0.717, 1.165) is 37.3 Å². The van der Waals surface area contributed by atoms with Crippen molar-refractivity contribution in [3.63, 3.8) is 0 Å². The molecule has 0 spiro atoms. The zero-order chi connectivity index (χ0) is 16.9. The van der Waals surface area contributed by atoms with E-state index in [4.69, 9.17) is 0 Å². The van der Waals surface area contributed by atoms with Crippen molar-refractivity contribution in [3.05, 3.63) is 42.2 Å². The zero-order valence-electron chi connectivity index (χ0n) is 14.2. The summed E-state index contributed by atoms with van der Waals surface area (Å²) in [4.78, 5) is 15.8. The first-order chi connectivity index (χ1) is 11.6. The topological polar surface area (TPSA) is 50.2 Å². The highest BCUT2D eigenvalue weighted by molar-refractivity contribution is 8.00. The Morgan fingerprint density at radius 3 is 3.04 bits per heavy atom. The van der Waals surface area contributed by atoms with Crippen molar-refractivity contribution in [2.24, 2.45) is 0 Å². The van der Waals surface area contributed by atoms with E-state index in [0.29, 0.717) is 11.8 Å². The predicted molar refractivity (Wildman–Crippen MR) is 98.6 cm³/mol. The van der Waals surface area contributed by atoms with Crippen LogP contribution in [0.4, 0.5) is 5.69 Å². The molecule has 128 valence electrons. The van der Waals surface area contributed by atoms with Gasteiger partial charge >= 0.3 is 0 Å². The van der Waals surface area contributed by atoms with E-state index >= 15 is 0 Å². The number of benzene rings is 1. The number of carbonyl (C=O) groups is 1. The monoisotopic (exact) mass is 344 g/mol. The van der Waals surface area contributed by atoms with E-state index in [1.165, 1.54) is 4.90 Å². The molecule has 3 rings (SSSR count). The van der Waals surface area contributed by atoms with Crippen LogP contribution in [0.3, 0.4) is 0 Å².